The molecule has 4 aromatic rings. The van der Waals surface area contributed by atoms with Crippen LogP contribution in [0, 0.1) is 0 Å². The molecule has 198 valence electrons. The van der Waals surface area contributed by atoms with Crippen LogP contribution in [0.15, 0.2) is 60.9 Å². The van der Waals surface area contributed by atoms with Crippen molar-refractivity contribution in [1.82, 2.24) is 20.3 Å². The van der Waals surface area contributed by atoms with Gasteiger partial charge in [0.15, 0.2) is 0 Å². The molecule has 1 saturated heterocycles. The molecule has 1 unspecified atom stereocenters. The van der Waals surface area contributed by atoms with Gasteiger partial charge in [0.05, 0.1) is 28.4 Å². The van der Waals surface area contributed by atoms with Crippen LogP contribution in [0.25, 0.3) is 10.9 Å². The van der Waals surface area contributed by atoms with Crippen LogP contribution in [-0.2, 0) is 6.18 Å². The highest BCUT2D eigenvalue weighted by Gasteiger charge is 2.37. The second-order valence-corrected chi connectivity index (χ2v) is 9.62. The van der Waals surface area contributed by atoms with Crippen LogP contribution >= 0.6 is 0 Å². The Morgan fingerprint density at radius 2 is 1.87 bits per heavy atom. The van der Waals surface area contributed by atoms with E-state index in [9.17, 15) is 18.3 Å². The molecule has 38 heavy (non-hydrogen) atoms. The molecule has 0 bridgehead atoms. The lowest BCUT2D eigenvalue weighted by atomic mass is 9.99. The second-order valence-electron chi connectivity index (χ2n) is 9.62. The smallest absolute Gasteiger partial charge is 0.418 e. The Morgan fingerprint density at radius 3 is 2.55 bits per heavy atom. The first-order valence-electron chi connectivity index (χ1n) is 12.5. The third kappa shape index (κ3) is 5.35. The fourth-order valence-corrected chi connectivity index (χ4v) is 4.73. The van der Waals surface area contributed by atoms with Gasteiger partial charge >= 0.3 is 12.2 Å². The SMILES string of the molecule is CC(C)c1ccc(N(c2ccc(Oc3nc(O)c4ccncc4n3)cc2C(F)(F)F)C2CCCNC2)cc1. The van der Waals surface area contributed by atoms with Crippen molar-refractivity contribution >= 4 is 22.3 Å². The number of piperidine rings is 1. The number of anilines is 2. The quantitative estimate of drug-likeness (QED) is 0.296. The molecule has 1 aliphatic heterocycles. The van der Waals surface area contributed by atoms with Crippen molar-refractivity contribution in [3.63, 3.8) is 0 Å². The summed E-state index contributed by atoms with van der Waals surface area (Å²) in [6, 6.07) is 12.6. The van der Waals surface area contributed by atoms with Crippen molar-refractivity contribution in [2.75, 3.05) is 18.0 Å². The van der Waals surface area contributed by atoms with Crippen molar-refractivity contribution in [2.24, 2.45) is 0 Å². The standard InChI is InChI=1S/C28H28F3N5O2/c1-17(2)18-5-7-19(8-6-18)36(20-4-3-12-32-15-20)25-10-9-21(14-23(25)28(29,30)31)38-27-34-24-16-33-13-11-22(24)26(37)35-27/h5-11,13-14,16-17,20,32H,3-4,12,15H2,1-2H3,(H,34,35,37). The number of hydrogen-bond donors (Lipinski definition) is 2. The van der Waals surface area contributed by atoms with E-state index in [1.54, 1.807) is 4.90 Å². The van der Waals surface area contributed by atoms with Crippen LogP contribution in [0.3, 0.4) is 0 Å². The first kappa shape index (κ1) is 25.7. The highest BCUT2D eigenvalue weighted by Crippen LogP contribution is 2.43. The van der Waals surface area contributed by atoms with E-state index in [1.165, 1.54) is 30.6 Å². The average Bonchev–Trinajstić information content (AvgIpc) is 2.90. The summed E-state index contributed by atoms with van der Waals surface area (Å²) < 4.78 is 49.0. The number of aromatic hydroxyl groups is 1. The van der Waals surface area contributed by atoms with E-state index in [0.717, 1.165) is 31.0 Å². The maximum Gasteiger partial charge on any atom is 0.418 e. The molecule has 2 N–H and O–H groups in total. The molecule has 2 aromatic heterocycles. The lowest BCUT2D eigenvalue weighted by molar-refractivity contribution is -0.137. The summed E-state index contributed by atoms with van der Waals surface area (Å²) >= 11 is 0. The monoisotopic (exact) mass is 523 g/mol. The maximum atomic E-state index is 14.5. The molecule has 10 heteroatoms. The fourth-order valence-electron chi connectivity index (χ4n) is 4.73. The molecule has 5 rings (SSSR count). The van der Waals surface area contributed by atoms with E-state index in [2.05, 4.69) is 34.1 Å². The molecule has 0 aliphatic carbocycles. The van der Waals surface area contributed by atoms with Crippen LogP contribution in [0.2, 0.25) is 0 Å². The number of rotatable bonds is 6. The number of aromatic nitrogens is 3. The van der Waals surface area contributed by atoms with Gasteiger partial charge in [-0.05, 0) is 67.3 Å². The van der Waals surface area contributed by atoms with Crippen LogP contribution < -0.4 is 15.0 Å². The van der Waals surface area contributed by atoms with Gasteiger partial charge in [-0.15, -0.1) is 0 Å². The minimum absolute atomic E-state index is 0.0438. The molecular weight excluding hydrogens is 495 g/mol. The molecule has 1 fully saturated rings. The van der Waals surface area contributed by atoms with E-state index in [-0.39, 0.29) is 29.4 Å². The van der Waals surface area contributed by atoms with E-state index in [0.29, 0.717) is 29.1 Å². The predicted octanol–water partition coefficient (Wildman–Crippen LogP) is 6.56. The number of nitrogens with zero attached hydrogens (tertiary/aromatic N) is 4. The molecule has 0 amide bonds. The maximum absolute atomic E-state index is 14.5. The zero-order valence-electron chi connectivity index (χ0n) is 21.0. The summed E-state index contributed by atoms with van der Waals surface area (Å²) in [7, 11) is 0. The lowest BCUT2D eigenvalue weighted by Gasteiger charge is -2.38. The number of fused-ring (bicyclic) bond motifs is 1. The summed E-state index contributed by atoms with van der Waals surface area (Å²) in [6.45, 7) is 5.56. The zero-order valence-corrected chi connectivity index (χ0v) is 21.0. The van der Waals surface area contributed by atoms with Gasteiger partial charge in [-0.3, -0.25) is 4.98 Å². The van der Waals surface area contributed by atoms with Gasteiger partial charge < -0.3 is 20.1 Å². The third-order valence-corrected chi connectivity index (χ3v) is 6.67. The highest BCUT2D eigenvalue weighted by atomic mass is 19.4. The normalized spacial score (nSPS) is 16.1. The van der Waals surface area contributed by atoms with Gasteiger partial charge in [-0.1, -0.05) is 26.0 Å². The molecule has 0 spiro atoms. The first-order valence-corrected chi connectivity index (χ1v) is 12.5. The zero-order chi connectivity index (χ0) is 26.9. The number of nitrogens with one attached hydrogen (secondary N) is 1. The Labute approximate surface area is 218 Å². The largest absolute Gasteiger partial charge is 0.493 e. The van der Waals surface area contributed by atoms with Crippen molar-refractivity contribution in [3.05, 3.63) is 72.1 Å². The van der Waals surface area contributed by atoms with Crippen LogP contribution in [0.4, 0.5) is 24.5 Å². The minimum atomic E-state index is -4.65. The molecule has 1 aliphatic rings. The number of halogens is 3. The van der Waals surface area contributed by atoms with E-state index in [1.807, 2.05) is 24.3 Å². The molecule has 2 aromatic carbocycles. The predicted molar refractivity (Wildman–Crippen MR) is 139 cm³/mol. The Balaban J connectivity index is 1.56. The number of ether oxygens (including phenoxy) is 1. The van der Waals surface area contributed by atoms with Gasteiger partial charge in [0.1, 0.15) is 5.75 Å². The highest BCUT2D eigenvalue weighted by molar-refractivity contribution is 5.82. The fraction of sp³-hybridized carbons (Fsp3) is 0.321. The third-order valence-electron chi connectivity index (χ3n) is 6.67. The summed E-state index contributed by atoms with van der Waals surface area (Å²) in [4.78, 5) is 13.8. The average molecular weight is 524 g/mol. The van der Waals surface area contributed by atoms with Crippen LogP contribution in [0.1, 0.15) is 43.7 Å². The van der Waals surface area contributed by atoms with E-state index >= 15 is 0 Å². The summed E-state index contributed by atoms with van der Waals surface area (Å²) in [5.41, 5.74) is 1.33. The second kappa shape index (κ2) is 10.4. The van der Waals surface area contributed by atoms with Crippen molar-refractivity contribution in [1.29, 1.82) is 0 Å². The Morgan fingerprint density at radius 1 is 1.08 bits per heavy atom. The van der Waals surface area contributed by atoms with E-state index in [4.69, 9.17) is 4.74 Å². The lowest BCUT2D eigenvalue weighted by Crippen LogP contribution is -2.44. The molecule has 1 atom stereocenters. The number of hydrogen-bond acceptors (Lipinski definition) is 7. The molecule has 0 saturated carbocycles. The van der Waals surface area contributed by atoms with Gasteiger partial charge in [0, 0.05) is 24.5 Å². The first-order chi connectivity index (χ1) is 18.2. The van der Waals surface area contributed by atoms with Crippen LogP contribution in [0.5, 0.6) is 17.6 Å². The summed E-state index contributed by atoms with van der Waals surface area (Å²) in [6.07, 6.45) is -0.139. The topological polar surface area (TPSA) is 83.4 Å². The molecule has 7 nitrogen and oxygen atoms in total. The van der Waals surface area contributed by atoms with Gasteiger partial charge in [0.25, 0.3) is 0 Å². The Kier molecular flexibility index (Phi) is 7.07. The summed E-state index contributed by atoms with van der Waals surface area (Å²) in [5, 5.41) is 13.9. The number of pyridine rings is 1. The minimum Gasteiger partial charge on any atom is -0.493 e. The van der Waals surface area contributed by atoms with Gasteiger partial charge in [-0.25, -0.2) is 0 Å². The van der Waals surface area contributed by atoms with E-state index < -0.39 is 11.7 Å². The van der Waals surface area contributed by atoms with Gasteiger partial charge in [-0.2, -0.15) is 23.1 Å². The number of benzene rings is 2. The molecule has 0 radical (unpaired) electrons. The summed E-state index contributed by atoms with van der Waals surface area (Å²) in [5.74, 6) is -0.134. The van der Waals surface area contributed by atoms with Crippen molar-refractivity contribution in [2.45, 2.75) is 44.8 Å². The van der Waals surface area contributed by atoms with Crippen LogP contribution in [-0.4, -0.2) is 39.2 Å². The Bertz CT molecular complexity index is 1420. The van der Waals surface area contributed by atoms with Crippen molar-refractivity contribution in [3.8, 4) is 17.6 Å². The van der Waals surface area contributed by atoms with Crippen molar-refractivity contribution < 1.29 is 23.0 Å². The molecular formula is C28H28F3N5O2. The number of alkyl halides is 3. The Hall–Kier alpha value is -3.92. The molecule has 3 heterocycles. The van der Waals surface area contributed by atoms with Gasteiger partial charge in [0.2, 0.25) is 5.88 Å².